The fourth-order valence-electron chi connectivity index (χ4n) is 5.09. The van der Waals surface area contributed by atoms with Crippen LogP contribution in [0.15, 0.2) is 30.3 Å². The molecule has 2 saturated heterocycles. The van der Waals surface area contributed by atoms with Crippen LogP contribution in [0.4, 0.5) is 0 Å². The highest BCUT2D eigenvalue weighted by Crippen LogP contribution is 2.34. The molecule has 0 aliphatic carbocycles. The minimum absolute atomic E-state index is 0.362. The molecule has 2 aliphatic heterocycles. The maximum atomic E-state index is 5.75. The topological polar surface area (TPSA) is 68.1 Å². The Hall–Kier alpha value is -2.51. The molecule has 2 aromatic heterocycles. The Labute approximate surface area is 183 Å². The molecule has 1 N–H and O–H groups in total. The summed E-state index contributed by atoms with van der Waals surface area (Å²) in [7, 11) is 1.70. The molecule has 1 aromatic carbocycles. The van der Waals surface area contributed by atoms with Crippen molar-refractivity contribution in [3.8, 4) is 11.6 Å². The quantitative estimate of drug-likeness (QED) is 0.683. The van der Waals surface area contributed by atoms with E-state index in [4.69, 9.17) is 19.8 Å². The summed E-state index contributed by atoms with van der Waals surface area (Å²) < 4.78 is 7.70. The Morgan fingerprint density at radius 2 is 1.77 bits per heavy atom. The number of piperidine rings is 2. The van der Waals surface area contributed by atoms with E-state index in [1.54, 1.807) is 7.11 Å². The molecule has 7 heteroatoms. The molecule has 164 valence electrons. The lowest BCUT2D eigenvalue weighted by Crippen LogP contribution is -2.46. The molecule has 0 unspecified atom stereocenters. The maximum Gasteiger partial charge on any atom is 0.228 e. The highest BCUT2D eigenvalue weighted by molar-refractivity contribution is 5.85. The number of aryl methyl sites for hydroxylation is 1. The van der Waals surface area contributed by atoms with Gasteiger partial charge in [0.2, 0.25) is 5.88 Å². The van der Waals surface area contributed by atoms with Crippen LogP contribution in [-0.2, 0) is 6.42 Å². The van der Waals surface area contributed by atoms with E-state index >= 15 is 0 Å². The summed E-state index contributed by atoms with van der Waals surface area (Å²) in [5.74, 6) is 1.91. The van der Waals surface area contributed by atoms with E-state index < -0.39 is 0 Å². The van der Waals surface area contributed by atoms with Crippen molar-refractivity contribution < 1.29 is 4.74 Å². The molecule has 2 fully saturated rings. The van der Waals surface area contributed by atoms with Gasteiger partial charge in [-0.15, -0.1) is 0 Å². The molecule has 0 bridgehead atoms. The van der Waals surface area contributed by atoms with Crippen LogP contribution in [0.25, 0.3) is 16.7 Å². The number of para-hydroxylation sites is 1. The van der Waals surface area contributed by atoms with Gasteiger partial charge in [0.1, 0.15) is 11.2 Å². The average molecular weight is 421 g/mol. The molecule has 0 saturated carbocycles. The second-order valence-corrected chi connectivity index (χ2v) is 8.63. The molecule has 31 heavy (non-hydrogen) atoms. The van der Waals surface area contributed by atoms with Crippen molar-refractivity contribution in [3.05, 3.63) is 41.9 Å². The maximum absolute atomic E-state index is 5.75. The first-order valence-corrected chi connectivity index (χ1v) is 11.6. The SMILES string of the molecule is CCc1nn(-c2ccccc2)c2nc(C3CCN(C4CCNCC4)CC3)nc(OC)c12. The van der Waals surface area contributed by atoms with Gasteiger partial charge in [0.05, 0.1) is 18.5 Å². The first kappa shape index (κ1) is 20.4. The predicted molar refractivity (Wildman–Crippen MR) is 122 cm³/mol. The summed E-state index contributed by atoms with van der Waals surface area (Å²) in [4.78, 5) is 12.6. The van der Waals surface area contributed by atoms with Gasteiger partial charge in [-0.2, -0.15) is 10.1 Å². The first-order valence-electron chi connectivity index (χ1n) is 11.6. The molecule has 3 aromatic rings. The third-order valence-corrected chi connectivity index (χ3v) is 6.83. The van der Waals surface area contributed by atoms with Crippen molar-refractivity contribution in [3.63, 3.8) is 0 Å². The molecular formula is C24H32N6O. The fourth-order valence-corrected chi connectivity index (χ4v) is 5.09. The smallest absolute Gasteiger partial charge is 0.228 e. The van der Waals surface area contributed by atoms with Crippen molar-refractivity contribution in [2.45, 2.75) is 51.0 Å². The number of benzene rings is 1. The van der Waals surface area contributed by atoms with Crippen LogP contribution in [0, 0.1) is 0 Å². The van der Waals surface area contributed by atoms with E-state index in [1.807, 2.05) is 22.9 Å². The van der Waals surface area contributed by atoms with E-state index in [1.165, 1.54) is 12.8 Å². The standard InChI is InChI=1S/C24H32N6O/c1-3-20-21-23(30(28-20)19-7-5-4-6-8-19)26-22(27-24(21)31-2)17-11-15-29(16-12-17)18-9-13-25-14-10-18/h4-8,17-18,25H,3,9-16H2,1-2H3. The summed E-state index contributed by atoms with van der Waals surface area (Å²) in [6.45, 7) is 6.64. The predicted octanol–water partition coefficient (Wildman–Crippen LogP) is 3.32. The number of nitrogens with zero attached hydrogens (tertiary/aromatic N) is 5. The van der Waals surface area contributed by atoms with Crippen LogP contribution < -0.4 is 10.1 Å². The van der Waals surface area contributed by atoms with Gasteiger partial charge in [-0.3, -0.25) is 0 Å². The number of hydrogen-bond donors (Lipinski definition) is 1. The van der Waals surface area contributed by atoms with Crippen LogP contribution in [0.1, 0.15) is 50.0 Å². The highest BCUT2D eigenvalue weighted by atomic mass is 16.5. The molecule has 0 radical (unpaired) electrons. The van der Waals surface area contributed by atoms with E-state index in [0.717, 1.165) is 79.7 Å². The monoisotopic (exact) mass is 420 g/mol. The van der Waals surface area contributed by atoms with Crippen LogP contribution in [0.5, 0.6) is 5.88 Å². The number of fused-ring (bicyclic) bond motifs is 1. The number of aromatic nitrogens is 4. The van der Waals surface area contributed by atoms with E-state index in [9.17, 15) is 0 Å². The molecule has 7 nitrogen and oxygen atoms in total. The van der Waals surface area contributed by atoms with Crippen molar-refractivity contribution in [1.82, 2.24) is 30.0 Å². The van der Waals surface area contributed by atoms with E-state index in [2.05, 4.69) is 29.3 Å². The number of nitrogens with one attached hydrogen (secondary N) is 1. The average Bonchev–Trinajstić information content (AvgIpc) is 3.23. The molecule has 5 rings (SSSR count). The summed E-state index contributed by atoms with van der Waals surface area (Å²) in [6.07, 6.45) is 5.52. The van der Waals surface area contributed by atoms with Crippen molar-refractivity contribution in [2.75, 3.05) is 33.3 Å². The van der Waals surface area contributed by atoms with Gasteiger partial charge in [-0.1, -0.05) is 25.1 Å². The Morgan fingerprint density at radius 3 is 2.45 bits per heavy atom. The summed E-state index contributed by atoms with van der Waals surface area (Å²) in [6, 6.07) is 10.9. The summed E-state index contributed by atoms with van der Waals surface area (Å²) in [5, 5.41) is 9.28. The lowest BCUT2D eigenvalue weighted by molar-refractivity contribution is 0.125. The lowest BCUT2D eigenvalue weighted by atomic mass is 9.93. The van der Waals surface area contributed by atoms with Crippen molar-refractivity contribution in [1.29, 1.82) is 0 Å². The second-order valence-electron chi connectivity index (χ2n) is 8.63. The van der Waals surface area contributed by atoms with Crippen LogP contribution in [0.2, 0.25) is 0 Å². The number of rotatable bonds is 5. The molecule has 0 atom stereocenters. The minimum atomic E-state index is 0.362. The summed E-state index contributed by atoms with van der Waals surface area (Å²) >= 11 is 0. The number of ether oxygens (including phenoxy) is 1. The molecular weight excluding hydrogens is 388 g/mol. The molecule has 2 aliphatic rings. The van der Waals surface area contributed by atoms with Crippen LogP contribution in [-0.4, -0.2) is 64.0 Å². The number of likely N-dealkylation sites (tertiary alicyclic amines) is 1. The first-order chi connectivity index (χ1) is 15.3. The van der Waals surface area contributed by atoms with Crippen molar-refractivity contribution >= 4 is 11.0 Å². The van der Waals surface area contributed by atoms with Gasteiger partial charge in [-0.05, 0) is 70.4 Å². The number of hydrogen-bond acceptors (Lipinski definition) is 6. The summed E-state index contributed by atoms with van der Waals surface area (Å²) in [5.41, 5.74) is 2.84. The second kappa shape index (κ2) is 8.93. The van der Waals surface area contributed by atoms with E-state index in [-0.39, 0.29) is 0 Å². The normalized spacial score (nSPS) is 19.2. The Kier molecular flexibility index (Phi) is 5.87. The van der Waals surface area contributed by atoms with Gasteiger partial charge in [0.15, 0.2) is 5.65 Å². The fraction of sp³-hybridized carbons (Fsp3) is 0.542. The highest BCUT2D eigenvalue weighted by Gasteiger charge is 2.29. The molecule has 4 heterocycles. The van der Waals surface area contributed by atoms with E-state index in [0.29, 0.717) is 11.8 Å². The molecule has 0 spiro atoms. The van der Waals surface area contributed by atoms with Crippen molar-refractivity contribution in [2.24, 2.45) is 0 Å². The zero-order chi connectivity index (χ0) is 21.2. The van der Waals surface area contributed by atoms with Crippen LogP contribution in [0.3, 0.4) is 0 Å². The Morgan fingerprint density at radius 1 is 1.03 bits per heavy atom. The third kappa shape index (κ3) is 3.92. The zero-order valence-electron chi connectivity index (χ0n) is 18.5. The van der Waals surface area contributed by atoms with Gasteiger partial charge < -0.3 is 15.0 Å². The van der Waals surface area contributed by atoms with Gasteiger partial charge in [0.25, 0.3) is 0 Å². The van der Waals surface area contributed by atoms with Gasteiger partial charge in [0, 0.05) is 12.0 Å². The molecule has 0 amide bonds. The lowest BCUT2D eigenvalue weighted by Gasteiger charge is -2.39. The van der Waals surface area contributed by atoms with Gasteiger partial charge in [-0.25, -0.2) is 9.67 Å². The Balaban J connectivity index is 1.47. The Bertz CT molecular complexity index is 1020. The minimum Gasteiger partial charge on any atom is -0.480 e. The zero-order valence-corrected chi connectivity index (χ0v) is 18.5. The largest absolute Gasteiger partial charge is 0.480 e. The number of methoxy groups -OCH3 is 1. The van der Waals surface area contributed by atoms with Gasteiger partial charge >= 0.3 is 0 Å². The third-order valence-electron chi connectivity index (χ3n) is 6.83. The van der Waals surface area contributed by atoms with Crippen LogP contribution >= 0.6 is 0 Å².